The van der Waals surface area contributed by atoms with Crippen LogP contribution in [0.5, 0.6) is 0 Å². The minimum Gasteiger partial charge on any atom is -0.342 e. The molecule has 0 aromatic heterocycles. The van der Waals surface area contributed by atoms with Crippen molar-refractivity contribution in [2.45, 2.75) is 32.1 Å². The Morgan fingerprint density at radius 2 is 2.00 bits per heavy atom. The number of hydrogen-bond acceptors (Lipinski definition) is 3. The van der Waals surface area contributed by atoms with E-state index in [1.807, 2.05) is 20.8 Å². The molecule has 0 fully saturated rings. The Kier molecular flexibility index (Phi) is 3.15. The van der Waals surface area contributed by atoms with E-state index in [0.717, 1.165) is 0 Å². The molecule has 1 aliphatic heterocycles. The van der Waals surface area contributed by atoms with Gasteiger partial charge in [-0.05, 0) is 23.6 Å². The maximum Gasteiger partial charge on any atom is 0.286 e. The number of nitrogens with zero attached hydrogens (tertiary/aromatic N) is 1. The van der Waals surface area contributed by atoms with Crippen molar-refractivity contribution in [1.29, 1.82) is 0 Å². The third kappa shape index (κ3) is 2.84. The van der Waals surface area contributed by atoms with Gasteiger partial charge in [0.15, 0.2) is 0 Å². The van der Waals surface area contributed by atoms with Gasteiger partial charge in [0.25, 0.3) is 10.0 Å². The van der Waals surface area contributed by atoms with E-state index in [4.69, 9.17) is 11.6 Å². The van der Waals surface area contributed by atoms with E-state index in [0.29, 0.717) is 23.0 Å². The quantitative estimate of drug-likeness (QED) is 0.862. The lowest BCUT2D eigenvalue weighted by Gasteiger charge is -2.23. The predicted molar refractivity (Wildman–Crippen MR) is 73.8 cm³/mol. The first-order valence-electron chi connectivity index (χ1n) is 5.58. The van der Waals surface area contributed by atoms with Gasteiger partial charge >= 0.3 is 0 Å². The average Bonchev–Trinajstić information content (AvgIpc) is 2.16. The Morgan fingerprint density at radius 3 is 2.61 bits per heavy atom. The summed E-state index contributed by atoms with van der Waals surface area (Å²) in [5, 5.41) is 3.43. The molecular weight excluding hydrogens is 272 g/mol. The van der Waals surface area contributed by atoms with Crippen LogP contribution in [0.4, 0.5) is 5.69 Å². The highest BCUT2D eigenvalue weighted by molar-refractivity contribution is 7.90. The number of anilines is 1. The molecule has 0 aliphatic carbocycles. The SMILES string of the molecule is CC(C)(C)CC1=NS(=O)(=O)c2cc(Cl)ccc2N1. The van der Waals surface area contributed by atoms with Gasteiger partial charge in [0.1, 0.15) is 10.7 Å². The average molecular weight is 287 g/mol. The summed E-state index contributed by atoms with van der Waals surface area (Å²) in [7, 11) is -3.65. The molecule has 1 N–H and O–H groups in total. The Labute approximate surface area is 112 Å². The van der Waals surface area contributed by atoms with Gasteiger partial charge < -0.3 is 5.32 Å². The van der Waals surface area contributed by atoms with Crippen LogP contribution in [0.15, 0.2) is 27.5 Å². The second-order valence-corrected chi connectivity index (χ2v) is 7.52. The van der Waals surface area contributed by atoms with Gasteiger partial charge in [-0.2, -0.15) is 8.42 Å². The number of benzene rings is 1. The molecule has 2 rings (SSSR count). The van der Waals surface area contributed by atoms with Crippen LogP contribution in [0.1, 0.15) is 27.2 Å². The molecule has 0 saturated heterocycles. The van der Waals surface area contributed by atoms with Crippen LogP contribution in [0.3, 0.4) is 0 Å². The summed E-state index contributed by atoms with van der Waals surface area (Å²) in [6.45, 7) is 6.09. The highest BCUT2D eigenvalue weighted by Crippen LogP contribution is 2.32. The van der Waals surface area contributed by atoms with Crippen LogP contribution in [-0.4, -0.2) is 14.3 Å². The Hall–Kier alpha value is -1.07. The zero-order chi connectivity index (χ0) is 13.6. The minimum atomic E-state index is -3.65. The van der Waals surface area contributed by atoms with Crippen LogP contribution in [0.2, 0.25) is 5.02 Å². The lowest BCUT2D eigenvalue weighted by Crippen LogP contribution is -2.25. The molecule has 1 heterocycles. The Bertz CT molecular complexity index is 615. The summed E-state index contributed by atoms with van der Waals surface area (Å²) in [5.41, 5.74) is 0.499. The van der Waals surface area contributed by atoms with Crippen molar-refractivity contribution in [3.8, 4) is 0 Å². The van der Waals surface area contributed by atoms with Crippen molar-refractivity contribution >= 4 is 33.1 Å². The van der Waals surface area contributed by atoms with Crippen LogP contribution >= 0.6 is 11.6 Å². The first-order valence-corrected chi connectivity index (χ1v) is 7.40. The van der Waals surface area contributed by atoms with E-state index in [1.54, 1.807) is 12.1 Å². The molecule has 6 heteroatoms. The first kappa shape index (κ1) is 13.4. The highest BCUT2D eigenvalue weighted by atomic mass is 35.5. The first-order chi connectivity index (χ1) is 8.17. The molecule has 4 nitrogen and oxygen atoms in total. The molecule has 0 atom stereocenters. The smallest absolute Gasteiger partial charge is 0.286 e. The topological polar surface area (TPSA) is 58.5 Å². The van der Waals surface area contributed by atoms with E-state index in [1.165, 1.54) is 6.07 Å². The Balaban J connectivity index is 2.45. The molecule has 0 spiro atoms. The molecule has 1 aromatic carbocycles. The predicted octanol–water partition coefficient (Wildman–Crippen LogP) is 3.29. The number of nitrogens with one attached hydrogen (secondary N) is 1. The van der Waals surface area contributed by atoms with Crippen molar-refractivity contribution in [2.24, 2.45) is 9.81 Å². The largest absolute Gasteiger partial charge is 0.342 e. The number of amidine groups is 1. The third-order valence-electron chi connectivity index (χ3n) is 2.43. The van der Waals surface area contributed by atoms with E-state index in [9.17, 15) is 8.42 Å². The summed E-state index contributed by atoms with van der Waals surface area (Å²) in [6, 6.07) is 4.73. The van der Waals surface area contributed by atoms with Crippen molar-refractivity contribution in [3.63, 3.8) is 0 Å². The number of fused-ring (bicyclic) bond motifs is 1. The summed E-state index contributed by atoms with van der Waals surface area (Å²) in [4.78, 5) is 0.132. The zero-order valence-corrected chi connectivity index (χ0v) is 12.1. The van der Waals surface area contributed by atoms with Gasteiger partial charge in [0.2, 0.25) is 0 Å². The second-order valence-electron chi connectivity index (χ2n) is 5.52. The molecule has 0 unspecified atom stereocenters. The van der Waals surface area contributed by atoms with E-state index < -0.39 is 10.0 Å². The van der Waals surface area contributed by atoms with Crippen molar-refractivity contribution in [1.82, 2.24) is 0 Å². The monoisotopic (exact) mass is 286 g/mol. The van der Waals surface area contributed by atoms with Crippen LogP contribution in [0.25, 0.3) is 0 Å². The third-order valence-corrected chi connectivity index (χ3v) is 4.02. The summed E-state index contributed by atoms with van der Waals surface area (Å²) in [5.74, 6) is 0.470. The normalized spacial score (nSPS) is 17.7. The molecule has 0 amide bonds. The van der Waals surface area contributed by atoms with E-state index in [2.05, 4.69) is 9.71 Å². The number of halogens is 1. The van der Waals surface area contributed by atoms with Gasteiger partial charge in [-0.3, -0.25) is 0 Å². The van der Waals surface area contributed by atoms with Crippen molar-refractivity contribution in [3.05, 3.63) is 23.2 Å². The van der Waals surface area contributed by atoms with Gasteiger partial charge in [0, 0.05) is 11.4 Å². The maximum atomic E-state index is 12.0. The van der Waals surface area contributed by atoms with Gasteiger partial charge in [-0.15, -0.1) is 4.40 Å². The molecule has 0 bridgehead atoms. The molecule has 1 aliphatic rings. The fraction of sp³-hybridized carbons (Fsp3) is 0.417. The second kappa shape index (κ2) is 4.24. The molecule has 0 radical (unpaired) electrons. The van der Waals surface area contributed by atoms with E-state index in [-0.39, 0.29) is 10.3 Å². The standard InChI is InChI=1S/C12H15ClN2O2S/c1-12(2,3)7-11-14-9-5-4-8(13)6-10(9)18(16,17)15-11/h4-6H,7H2,1-3H3,(H,14,15). The lowest BCUT2D eigenvalue weighted by molar-refractivity contribution is 0.433. The highest BCUT2D eigenvalue weighted by Gasteiger charge is 2.27. The van der Waals surface area contributed by atoms with E-state index >= 15 is 0 Å². The number of hydrogen-bond donors (Lipinski definition) is 1. The lowest BCUT2D eigenvalue weighted by atomic mass is 9.91. The van der Waals surface area contributed by atoms with Crippen molar-refractivity contribution < 1.29 is 8.42 Å². The number of sulfonamides is 1. The summed E-state index contributed by atoms with van der Waals surface area (Å²) in [6.07, 6.45) is 0.564. The summed E-state index contributed by atoms with van der Waals surface area (Å²) >= 11 is 5.81. The maximum absolute atomic E-state index is 12.0. The molecule has 1 aromatic rings. The molecule has 18 heavy (non-hydrogen) atoms. The summed E-state index contributed by atoms with van der Waals surface area (Å²) < 4.78 is 27.9. The molecule has 0 saturated carbocycles. The molecule has 98 valence electrons. The minimum absolute atomic E-state index is 0.0364. The van der Waals surface area contributed by atoms with Gasteiger partial charge in [-0.1, -0.05) is 32.4 Å². The number of rotatable bonds is 1. The van der Waals surface area contributed by atoms with Crippen molar-refractivity contribution in [2.75, 3.05) is 5.32 Å². The van der Waals surface area contributed by atoms with Crippen LogP contribution < -0.4 is 5.32 Å². The zero-order valence-electron chi connectivity index (χ0n) is 10.5. The Morgan fingerprint density at radius 1 is 1.33 bits per heavy atom. The van der Waals surface area contributed by atoms with Crippen LogP contribution in [0, 0.1) is 5.41 Å². The molecular formula is C12H15ClN2O2S. The van der Waals surface area contributed by atoms with Crippen LogP contribution in [-0.2, 0) is 10.0 Å². The van der Waals surface area contributed by atoms with Gasteiger partial charge in [-0.25, -0.2) is 0 Å². The van der Waals surface area contributed by atoms with Gasteiger partial charge in [0.05, 0.1) is 5.69 Å². The fourth-order valence-corrected chi connectivity index (χ4v) is 3.17. The fourth-order valence-electron chi connectivity index (χ4n) is 1.76.